The molecule has 2 aromatic carbocycles. The number of rotatable bonds is 2. The van der Waals surface area contributed by atoms with E-state index in [2.05, 4.69) is 73.0 Å². The summed E-state index contributed by atoms with van der Waals surface area (Å²) in [5.74, 6) is 0. The third kappa shape index (κ3) is 5.64. The minimum atomic E-state index is 0.227. The minimum Gasteiger partial charge on any atom is -0.368 e. The second-order valence-electron chi connectivity index (χ2n) is 7.01. The van der Waals surface area contributed by atoms with E-state index >= 15 is 0 Å². The first-order valence-electron chi connectivity index (χ1n) is 9.54. The van der Waals surface area contributed by atoms with Crippen LogP contribution in [-0.2, 0) is 9.47 Å². The third-order valence-corrected chi connectivity index (χ3v) is 4.66. The molecule has 0 bridgehead atoms. The Labute approximate surface area is 156 Å². The molecule has 140 valence electrons. The molecule has 4 rings (SSSR count). The molecule has 2 unspecified atom stereocenters. The second-order valence-corrected chi connectivity index (χ2v) is 7.01. The van der Waals surface area contributed by atoms with Gasteiger partial charge in [-0.15, -0.1) is 0 Å². The molecule has 2 aliphatic heterocycles. The zero-order valence-electron chi connectivity index (χ0n) is 15.7. The van der Waals surface area contributed by atoms with Gasteiger partial charge in [0.25, 0.3) is 0 Å². The van der Waals surface area contributed by atoms with Crippen molar-refractivity contribution in [3.05, 3.63) is 71.8 Å². The second kappa shape index (κ2) is 9.83. The van der Waals surface area contributed by atoms with Crippen molar-refractivity contribution in [3.63, 3.8) is 0 Å². The molecule has 0 amide bonds. The Bertz CT molecular complexity index is 578. The van der Waals surface area contributed by atoms with E-state index in [1.807, 2.05) is 12.1 Å². The van der Waals surface area contributed by atoms with Gasteiger partial charge < -0.3 is 20.1 Å². The van der Waals surface area contributed by atoms with Gasteiger partial charge in [-0.3, -0.25) is 0 Å². The monoisotopic (exact) mass is 354 g/mol. The summed E-state index contributed by atoms with van der Waals surface area (Å²) in [5, 5.41) is 6.72. The molecule has 0 aliphatic carbocycles. The van der Waals surface area contributed by atoms with E-state index in [9.17, 15) is 0 Å². The van der Waals surface area contributed by atoms with Crippen LogP contribution >= 0.6 is 0 Å². The van der Waals surface area contributed by atoms with Crippen LogP contribution in [0.2, 0.25) is 0 Å². The van der Waals surface area contributed by atoms with E-state index in [1.54, 1.807) is 0 Å². The van der Waals surface area contributed by atoms with Crippen molar-refractivity contribution in [3.8, 4) is 0 Å². The SMILES string of the molecule is C[C@H]1CNCC(c2ccccc2)O1.C[C@H]1CNCC(c2ccccc2)O1. The van der Waals surface area contributed by atoms with Crippen LogP contribution in [0.25, 0.3) is 0 Å². The highest BCUT2D eigenvalue weighted by Crippen LogP contribution is 2.21. The van der Waals surface area contributed by atoms with Gasteiger partial charge in [0.1, 0.15) is 0 Å². The topological polar surface area (TPSA) is 42.5 Å². The third-order valence-electron chi connectivity index (χ3n) is 4.66. The first kappa shape index (κ1) is 19.1. The summed E-state index contributed by atoms with van der Waals surface area (Å²) in [6, 6.07) is 20.7. The van der Waals surface area contributed by atoms with E-state index in [-0.39, 0.29) is 12.2 Å². The smallest absolute Gasteiger partial charge is 0.0953 e. The molecule has 2 aliphatic rings. The molecule has 0 radical (unpaired) electrons. The number of hydrogen-bond donors (Lipinski definition) is 2. The average molecular weight is 354 g/mol. The van der Waals surface area contributed by atoms with Crippen LogP contribution in [-0.4, -0.2) is 38.4 Å². The lowest BCUT2D eigenvalue weighted by Crippen LogP contribution is -2.38. The van der Waals surface area contributed by atoms with Crippen LogP contribution in [0.3, 0.4) is 0 Å². The maximum absolute atomic E-state index is 5.81. The predicted molar refractivity (Wildman–Crippen MR) is 105 cm³/mol. The Morgan fingerprint density at radius 2 is 1.00 bits per heavy atom. The molecule has 26 heavy (non-hydrogen) atoms. The number of morpholine rings is 2. The van der Waals surface area contributed by atoms with Crippen molar-refractivity contribution in [2.24, 2.45) is 0 Å². The van der Waals surface area contributed by atoms with Gasteiger partial charge in [-0.05, 0) is 25.0 Å². The molecular weight excluding hydrogens is 324 g/mol. The molecule has 2 aromatic rings. The van der Waals surface area contributed by atoms with Crippen LogP contribution in [0.4, 0.5) is 0 Å². The summed E-state index contributed by atoms with van der Waals surface area (Å²) in [6.45, 7) is 7.97. The van der Waals surface area contributed by atoms with Crippen molar-refractivity contribution in [1.82, 2.24) is 10.6 Å². The molecule has 4 nitrogen and oxygen atoms in total. The van der Waals surface area contributed by atoms with Crippen molar-refractivity contribution in [2.45, 2.75) is 38.3 Å². The maximum Gasteiger partial charge on any atom is 0.0953 e. The van der Waals surface area contributed by atoms with Crippen LogP contribution in [0.5, 0.6) is 0 Å². The van der Waals surface area contributed by atoms with E-state index in [4.69, 9.17) is 9.47 Å². The van der Waals surface area contributed by atoms with Crippen LogP contribution < -0.4 is 10.6 Å². The van der Waals surface area contributed by atoms with Gasteiger partial charge in [0.15, 0.2) is 0 Å². The van der Waals surface area contributed by atoms with Crippen LogP contribution in [0.15, 0.2) is 60.7 Å². The van der Waals surface area contributed by atoms with Crippen molar-refractivity contribution in [1.29, 1.82) is 0 Å². The van der Waals surface area contributed by atoms with Crippen molar-refractivity contribution < 1.29 is 9.47 Å². The van der Waals surface area contributed by atoms with Gasteiger partial charge in [-0.2, -0.15) is 0 Å². The Balaban J connectivity index is 0.000000151. The number of hydrogen-bond acceptors (Lipinski definition) is 4. The summed E-state index contributed by atoms with van der Waals surface area (Å²) in [7, 11) is 0. The highest BCUT2D eigenvalue weighted by molar-refractivity contribution is 5.19. The lowest BCUT2D eigenvalue weighted by atomic mass is 10.1. The summed E-state index contributed by atoms with van der Waals surface area (Å²) in [6.07, 6.45) is 1.09. The number of ether oxygens (including phenoxy) is 2. The lowest BCUT2D eigenvalue weighted by molar-refractivity contribution is -0.0288. The fraction of sp³-hybridized carbons (Fsp3) is 0.455. The zero-order valence-corrected chi connectivity index (χ0v) is 15.7. The van der Waals surface area contributed by atoms with Crippen molar-refractivity contribution in [2.75, 3.05) is 26.2 Å². The summed E-state index contributed by atoms with van der Waals surface area (Å²) >= 11 is 0. The zero-order chi connectivity index (χ0) is 18.2. The molecule has 2 saturated heterocycles. The highest BCUT2D eigenvalue weighted by Gasteiger charge is 2.20. The summed E-state index contributed by atoms with van der Waals surface area (Å²) in [4.78, 5) is 0. The van der Waals surface area contributed by atoms with Gasteiger partial charge in [-0.25, -0.2) is 0 Å². The molecule has 0 aromatic heterocycles. The first-order valence-corrected chi connectivity index (χ1v) is 9.54. The fourth-order valence-electron chi connectivity index (χ4n) is 3.32. The predicted octanol–water partition coefficient (Wildman–Crippen LogP) is 3.47. The van der Waals surface area contributed by atoms with Crippen LogP contribution in [0.1, 0.15) is 37.2 Å². The molecule has 2 N–H and O–H groups in total. The van der Waals surface area contributed by atoms with Gasteiger partial charge in [0.05, 0.1) is 24.4 Å². The average Bonchev–Trinajstić information content (AvgIpc) is 2.70. The van der Waals surface area contributed by atoms with Crippen molar-refractivity contribution >= 4 is 0 Å². The maximum atomic E-state index is 5.81. The largest absolute Gasteiger partial charge is 0.368 e. The Kier molecular flexibility index (Phi) is 7.21. The Hall–Kier alpha value is -1.72. The van der Waals surface area contributed by atoms with E-state index in [0.717, 1.165) is 26.2 Å². The van der Waals surface area contributed by atoms with E-state index in [1.165, 1.54) is 11.1 Å². The van der Waals surface area contributed by atoms with Gasteiger partial charge in [-0.1, -0.05) is 60.7 Å². The van der Waals surface area contributed by atoms with E-state index in [0.29, 0.717) is 12.2 Å². The quantitative estimate of drug-likeness (QED) is 0.867. The molecule has 2 fully saturated rings. The summed E-state index contributed by atoms with van der Waals surface area (Å²) < 4.78 is 11.6. The molecule has 4 heteroatoms. The number of nitrogens with one attached hydrogen (secondary N) is 2. The minimum absolute atomic E-state index is 0.227. The number of benzene rings is 2. The lowest BCUT2D eigenvalue weighted by Gasteiger charge is -2.28. The van der Waals surface area contributed by atoms with Gasteiger partial charge >= 0.3 is 0 Å². The molecule has 2 heterocycles. The molecule has 0 saturated carbocycles. The highest BCUT2D eigenvalue weighted by atomic mass is 16.5. The van der Waals surface area contributed by atoms with Crippen LogP contribution in [0, 0.1) is 0 Å². The fourth-order valence-corrected chi connectivity index (χ4v) is 3.32. The standard InChI is InChI=1S/2C11H15NO/c2*1-9-7-12-8-11(13-9)10-5-3-2-4-6-10/h2*2-6,9,11-12H,7-8H2,1H3/t2*9-,11?/m00/s1. The van der Waals surface area contributed by atoms with Gasteiger partial charge in [0.2, 0.25) is 0 Å². The molecule has 4 atom stereocenters. The normalized spacial score (nSPS) is 28.7. The first-order chi connectivity index (χ1) is 12.7. The van der Waals surface area contributed by atoms with E-state index < -0.39 is 0 Å². The molecule has 0 spiro atoms. The Morgan fingerprint density at radius 1 is 0.615 bits per heavy atom. The van der Waals surface area contributed by atoms with Gasteiger partial charge in [0, 0.05) is 26.2 Å². The Morgan fingerprint density at radius 3 is 1.35 bits per heavy atom. The summed E-state index contributed by atoms with van der Waals surface area (Å²) in [5.41, 5.74) is 2.53. The molecular formula is C22H30N2O2.